The van der Waals surface area contributed by atoms with E-state index in [-0.39, 0.29) is 29.6 Å². The molecule has 0 aliphatic heterocycles. The summed E-state index contributed by atoms with van der Waals surface area (Å²) in [5.74, 6) is 0. The summed E-state index contributed by atoms with van der Waals surface area (Å²) < 4.78 is 28.2. The quantitative estimate of drug-likeness (QED) is 0.335. The third kappa shape index (κ3) is 3.29. The molecule has 7 heteroatoms. The van der Waals surface area contributed by atoms with Crippen molar-refractivity contribution in [2.24, 2.45) is 0 Å². The summed E-state index contributed by atoms with van der Waals surface area (Å²) in [5, 5.41) is 16.7. The summed E-state index contributed by atoms with van der Waals surface area (Å²) in [6, 6.07) is 0. The van der Waals surface area contributed by atoms with E-state index in [0.29, 0.717) is 0 Å². The predicted molar refractivity (Wildman–Crippen MR) is 36.4 cm³/mol. The van der Waals surface area contributed by atoms with Gasteiger partial charge in [0.25, 0.3) is 10.1 Å². The molecule has 0 aromatic carbocycles. The molecule has 0 aliphatic carbocycles. The molecule has 0 bridgehead atoms. The number of aliphatic hydroxyl groups is 2. The summed E-state index contributed by atoms with van der Waals surface area (Å²) >= 11 is 0. The third-order valence-electron chi connectivity index (χ3n) is 0.849. The summed E-state index contributed by atoms with van der Waals surface area (Å²) in [4.78, 5) is -2.44. The number of aliphatic hydroxyl groups excluding tert-OH is 1. The van der Waals surface area contributed by atoms with Crippen LogP contribution in [-0.2, 0) is 10.1 Å². The zero-order valence-corrected chi connectivity index (χ0v) is 5.59. The van der Waals surface area contributed by atoms with Crippen LogP contribution < -0.4 is 0 Å². The first kappa shape index (κ1) is 13.4. The zero-order valence-electron chi connectivity index (χ0n) is 4.77. The Kier molecular flexibility index (Phi) is 5.38. The van der Waals surface area contributed by atoms with Gasteiger partial charge in [-0.05, 0) is 6.92 Å². The third-order valence-corrected chi connectivity index (χ3v) is 2.09. The molecule has 0 amide bonds. The van der Waals surface area contributed by atoms with Gasteiger partial charge in [0.05, 0.1) is 6.61 Å². The Morgan fingerprint density at radius 1 is 1.50 bits per heavy atom. The monoisotopic (exact) mass is 180 g/mol. The summed E-state index contributed by atoms with van der Waals surface area (Å²) in [6.07, 6.45) is 0. The Balaban J connectivity index is 0. The van der Waals surface area contributed by atoms with Crippen molar-refractivity contribution in [3.05, 3.63) is 0 Å². The SMILES string of the molecule is CC(O)(CO)S(=O)(=O)O.[NaH]. The first-order valence-corrected chi connectivity index (χ1v) is 3.55. The summed E-state index contributed by atoms with van der Waals surface area (Å²) in [5.41, 5.74) is 0. The second-order valence-electron chi connectivity index (χ2n) is 1.81. The molecule has 0 aromatic heterocycles. The first-order valence-electron chi connectivity index (χ1n) is 2.11. The fourth-order valence-electron chi connectivity index (χ4n) is 0.0816. The van der Waals surface area contributed by atoms with Crippen molar-refractivity contribution < 1.29 is 23.2 Å². The molecule has 1 unspecified atom stereocenters. The van der Waals surface area contributed by atoms with Gasteiger partial charge < -0.3 is 10.2 Å². The number of hydrogen-bond acceptors (Lipinski definition) is 4. The van der Waals surface area contributed by atoms with Crippen molar-refractivity contribution in [3.63, 3.8) is 0 Å². The van der Waals surface area contributed by atoms with Crippen LogP contribution in [-0.4, -0.2) is 64.3 Å². The van der Waals surface area contributed by atoms with E-state index in [2.05, 4.69) is 0 Å². The van der Waals surface area contributed by atoms with Crippen LogP contribution in [0.5, 0.6) is 0 Å². The van der Waals surface area contributed by atoms with Gasteiger partial charge in [-0.15, -0.1) is 0 Å². The first-order chi connectivity index (χ1) is 3.81. The van der Waals surface area contributed by atoms with Crippen LogP contribution in [0.3, 0.4) is 0 Å². The van der Waals surface area contributed by atoms with Crippen LogP contribution in [0, 0.1) is 0 Å². The van der Waals surface area contributed by atoms with Crippen molar-refractivity contribution in [2.45, 2.75) is 11.9 Å². The average Bonchev–Trinajstić information content (AvgIpc) is 1.64. The van der Waals surface area contributed by atoms with Gasteiger partial charge in [-0.3, -0.25) is 4.55 Å². The Hall–Kier alpha value is 0.830. The molecular formula is C3H9NaO5S. The topological polar surface area (TPSA) is 94.8 Å². The Morgan fingerprint density at radius 3 is 1.80 bits per heavy atom. The van der Waals surface area contributed by atoms with Crippen molar-refractivity contribution in [2.75, 3.05) is 6.61 Å². The summed E-state index contributed by atoms with van der Waals surface area (Å²) in [7, 11) is -4.55. The molecule has 10 heavy (non-hydrogen) atoms. The van der Waals surface area contributed by atoms with Gasteiger partial charge in [-0.1, -0.05) is 0 Å². The Morgan fingerprint density at radius 2 is 1.80 bits per heavy atom. The fraction of sp³-hybridized carbons (Fsp3) is 1.00. The van der Waals surface area contributed by atoms with Gasteiger partial charge in [0.1, 0.15) is 0 Å². The normalized spacial score (nSPS) is 17.2. The molecule has 0 aromatic rings. The molecule has 0 spiro atoms. The van der Waals surface area contributed by atoms with Crippen LogP contribution in [0.4, 0.5) is 0 Å². The van der Waals surface area contributed by atoms with Crippen molar-refractivity contribution in [1.29, 1.82) is 0 Å². The van der Waals surface area contributed by atoms with Crippen LogP contribution in [0.25, 0.3) is 0 Å². The van der Waals surface area contributed by atoms with E-state index < -0.39 is 21.7 Å². The standard InChI is InChI=1S/C3H8O5S.Na.H/c1-3(5,2-4)9(6,7)8;;/h4-5H,2H2,1H3,(H,6,7,8);;. The molecule has 5 nitrogen and oxygen atoms in total. The van der Waals surface area contributed by atoms with Crippen LogP contribution in [0.2, 0.25) is 0 Å². The predicted octanol–water partition coefficient (Wildman–Crippen LogP) is -2.07. The van der Waals surface area contributed by atoms with Crippen molar-refractivity contribution in [3.8, 4) is 0 Å². The molecule has 0 rings (SSSR count). The number of hydrogen-bond donors (Lipinski definition) is 3. The minimum absolute atomic E-state index is 0. The second kappa shape index (κ2) is 4.01. The molecule has 0 aliphatic rings. The Bertz CT molecular complexity index is 183. The molecule has 3 N–H and O–H groups in total. The zero-order chi connectivity index (χ0) is 7.71. The van der Waals surface area contributed by atoms with Gasteiger partial charge in [0.2, 0.25) is 4.93 Å². The Labute approximate surface area is 81.1 Å². The minimum atomic E-state index is -4.55. The second-order valence-corrected chi connectivity index (χ2v) is 3.64. The maximum absolute atomic E-state index is 10.0. The van der Waals surface area contributed by atoms with E-state index in [1.54, 1.807) is 0 Å². The van der Waals surface area contributed by atoms with Gasteiger partial charge in [0.15, 0.2) is 0 Å². The number of rotatable bonds is 2. The molecule has 0 saturated heterocycles. The average molecular weight is 180 g/mol. The molecule has 0 heterocycles. The van der Waals surface area contributed by atoms with E-state index in [1.165, 1.54) is 0 Å². The van der Waals surface area contributed by atoms with Crippen molar-refractivity contribution >= 4 is 39.7 Å². The van der Waals surface area contributed by atoms with Gasteiger partial charge in [0, 0.05) is 0 Å². The molecule has 0 radical (unpaired) electrons. The fourth-order valence-corrected chi connectivity index (χ4v) is 0.245. The van der Waals surface area contributed by atoms with Gasteiger partial charge >= 0.3 is 29.6 Å². The molecule has 0 fully saturated rings. The van der Waals surface area contributed by atoms with Gasteiger partial charge in [-0.2, -0.15) is 8.42 Å². The maximum atomic E-state index is 10.0. The summed E-state index contributed by atoms with van der Waals surface area (Å²) in [6.45, 7) is -0.228. The van der Waals surface area contributed by atoms with Crippen molar-refractivity contribution in [1.82, 2.24) is 0 Å². The molecule has 1 atom stereocenters. The van der Waals surface area contributed by atoms with E-state index >= 15 is 0 Å². The van der Waals surface area contributed by atoms with E-state index in [1.807, 2.05) is 0 Å². The van der Waals surface area contributed by atoms with E-state index in [0.717, 1.165) is 6.92 Å². The molecular weight excluding hydrogens is 171 g/mol. The van der Waals surface area contributed by atoms with Gasteiger partial charge in [-0.25, -0.2) is 0 Å². The van der Waals surface area contributed by atoms with Crippen LogP contribution >= 0.6 is 0 Å². The van der Waals surface area contributed by atoms with Crippen LogP contribution in [0.15, 0.2) is 0 Å². The van der Waals surface area contributed by atoms with Crippen LogP contribution in [0.1, 0.15) is 6.92 Å². The van der Waals surface area contributed by atoms with E-state index in [9.17, 15) is 8.42 Å². The molecule has 0 saturated carbocycles. The van der Waals surface area contributed by atoms with E-state index in [4.69, 9.17) is 14.8 Å². The molecule has 58 valence electrons.